The van der Waals surface area contributed by atoms with E-state index in [1.54, 1.807) is 24.5 Å². The number of H-pyrrole nitrogens is 1. The largest absolute Gasteiger partial charge is 0.507 e. The number of nitrogens with zero attached hydrogens (tertiary/aromatic N) is 2. The molecule has 3 aromatic rings. The molecule has 0 aliphatic heterocycles. The zero-order valence-electron chi connectivity index (χ0n) is 9.54. The van der Waals surface area contributed by atoms with Crippen LogP contribution in [-0.4, -0.2) is 21.5 Å². The molecule has 0 unspecified atom stereocenters. The quantitative estimate of drug-likeness (QED) is 0.673. The van der Waals surface area contributed by atoms with Gasteiger partial charge in [0.05, 0.1) is 17.4 Å². The van der Waals surface area contributed by atoms with Crippen molar-refractivity contribution in [2.24, 2.45) is 4.99 Å². The summed E-state index contributed by atoms with van der Waals surface area (Å²) in [6.45, 7) is 0. The van der Waals surface area contributed by atoms with Crippen LogP contribution in [0, 0.1) is 0 Å². The molecular weight excluding hydrogens is 226 g/mol. The molecule has 1 aromatic heterocycles. The van der Waals surface area contributed by atoms with Gasteiger partial charge < -0.3 is 5.11 Å². The Kier molecular flexibility index (Phi) is 2.53. The van der Waals surface area contributed by atoms with Gasteiger partial charge in [0.15, 0.2) is 0 Å². The van der Waals surface area contributed by atoms with E-state index in [2.05, 4.69) is 15.2 Å². The zero-order chi connectivity index (χ0) is 12.4. The molecule has 88 valence electrons. The third-order valence-electron chi connectivity index (χ3n) is 2.71. The number of aliphatic imine (C=N–C) groups is 1. The molecule has 0 aliphatic carbocycles. The van der Waals surface area contributed by atoms with Crippen molar-refractivity contribution in [2.45, 2.75) is 0 Å². The van der Waals surface area contributed by atoms with E-state index in [0.717, 1.165) is 16.6 Å². The summed E-state index contributed by atoms with van der Waals surface area (Å²) < 4.78 is 0. The van der Waals surface area contributed by atoms with E-state index in [9.17, 15) is 5.11 Å². The molecule has 0 atom stereocenters. The van der Waals surface area contributed by atoms with Gasteiger partial charge in [-0.1, -0.05) is 12.1 Å². The number of hydrogen-bond acceptors (Lipinski definition) is 3. The van der Waals surface area contributed by atoms with Crippen molar-refractivity contribution in [1.82, 2.24) is 10.2 Å². The van der Waals surface area contributed by atoms with E-state index in [-0.39, 0.29) is 5.75 Å². The highest BCUT2D eigenvalue weighted by molar-refractivity contribution is 5.87. The van der Waals surface area contributed by atoms with Gasteiger partial charge in [-0.3, -0.25) is 10.1 Å². The van der Waals surface area contributed by atoms with E-state index in [1.807, 2.05) is 30.3 Å². The maximum Gasteiger partial charge on any atom is 0.124 e. The fourth-order valence-corrected chi connectivity index (χ4v) is 1.75. The number of benzene rings is 2. The second kappa shape index (κ2) is 4.33. The molecule has 0 saturated carbocycles. The van der Waals surface area contributed by atoms with Crippen LogP contribution in [0.2, 0.25) is 0 Å². The van der Waals surface area contributed by atoms with Crippen LogP contribution < -0.4 is 0 Å². The van der Waals surface area contributed by atoms with Gasteiger partial charge in [0.25, 0.3) is 0 Å². The number of para-hydroxylation sites is 1. The van der Waals surface area contributed by atoms with Crippen molar-refractivity contribution in [3.05, 3.63) is 54.2 Å². The standard InChI is InChI=1S/C14H11N3O/c18-14-4-2-1-3-11(14)8-15-12-6-5-10-9-16-17-13(10)7-12/h1-9,18H,(H,16,17)/b15-8+. The third kappa shape index (κ3) is 1.96. The van der Waals surface area contributed by atoms with Crippen molar-refractivity contribution in [1.29, 1.82) is 0 Å². The van der Waals surface area contributed by atoms with Crippen molar-refractivity contribution in [2.75, 3.05) is 0 Å². The lowest BCUT2D eigenvalue weighted by molar-refractivity contribution is 0.474. The zero-order valence-corrected chi connectivity index (χ0v) is 9.54. The molecule has 0 fully saturated rings. The van der Waals surface area contributed by atoms with E-state index < -0.39 is 0 Å². The Morgan fingerprint density at radius 3 is 2.94 bits per heavy atom. The fourth-order valence-electron chi connectivity index (χ4n) is 1.75. The minimum absolute atomic E-state index is 0.226. The molecule has 0 spiro atoms. The molecule has 18 heavy (non-hydrogen) atoms. The molecular formula is C14H11N3O. The van der Waals surface area contributed by atoms with Crippen molar-refractivity contribution < 1.29 is 5.11 Å². The first kappa shape index (κ1) is 10.5. The van der Waals surface area contributed by atoms with E-state index in [0.29, 0.717) is 5.56 Å². The molecule has 2 N–H and O–H groups in total. The summed E-state index contributed by atoms with van der Waals surface area (Å²) in [4.78, 5) is 4.33. The van der Waals surface area contributed by atoms with Crippen LogP contribution in [0.5, 0.6) is 5.75 Å². The van der Waals surface area contributed by atoms with Crippen LogP contribution in [0.1, 0.15) is 5.56 Å². The summed E-state index contributed by atoms with van der Waals surface area (Å²) in [6.07, 6.45) is 3.42. The van der Waals surface area contributed by atoms with Gasteiger partial charge >= 0.3 is 0 Å². The van der Waals surface area contributed by atoms with Gasteiger partial charge in [-0.05, 0) is 30.3 Å². The van der Waals surface area contributed by atoms with E-state index >= 15 is 0 Å². The molecule has 0 amide bonds. The predicted octanol–water partition coefficient (Wildman–Crippen LogP) is 3.02. The number of aromatic amines is 1. The summed E-state index contributed by atoms with van der Waals surface area (Å²) in [5, 5.41) is 17.5. The average Bonchev–Trinajstić information content (AvgIpc) is 2.85. The van der Waals surface area contributed by atoms with Gasteiger partial charge in [0, 0.05) is 17.2 Å². The van der Waals surface area contributed by atoms with Crippen LogP contribution in [0.15, 0.2) is 53.7 Å². The first-order valence-corrected chi connectivity index (χ1v) is 5.58. The minimum Gasteiger partial charge on any atom is -0.507 e. The Labute approximate surface area is 104 Å². The smallest absolute Gasteiger partial charge is 0.124 e. The predicted molar refractivity (Wildman–Crippen MR) is 71.5 cm³/mol. The highest BCUT2D eigenvalue weighted by Crippen LogP contribution is 2.20. The van der Waals surface area contributed by atoms with Gasteiger partial charge in [-0.25, -0.2) is 0 Å². The van der Waals surface area contributed by atoms with Crippen LogP contribution in [0.3, 0.4) is 0 Å². The first-order valence-electron chi connectivity index (χ1n) is 5.58. The van der Waals surface area contributed by atoms with E-state index in [1.165, 1.54) is 0 Å². The number of phenolic OH excluding ortho intramolecular Hbond substituents is 1. The molecule has 0 aliphatic rings. The number of fused-ring (bicyclic) bond motifs is 1. The average molecular weight is 237 g/mol. The van der Waals surface area contributed by atoms with Crippen LogP contribution in [0.4, 0.5) is 5.69 Å². The Balaban J connectivity index is 1.94. The molecule has 2 aromatic carbocycles. The van der Waals surface area contributed by atoms with Gasteiger partial charge in [0.1, 0.15) is 5.75 Å². The maximum atomic E-state index is 9.62. The topological polar surface area (TPSA) is 61.3 Å². The van der Waals surface area contributed by atoms with Gasteiger partial charge in [0.2, 0.25) is 0 Å². The first-order chi connectivity index (χ1) is 8.83. The molecule has 0 bridgehead atoms. The van der Waals surface area contributed by atoms with Gasteiger partial charge in [-0.15, -0.1) is 0 Å². The molecule has 4 heteroatoms. The molecule has 1 heterocycles. The van der Waals surface area contributed by atoms with Crippen LogP contribution in [-0.2, 0) is 0 Å². The lowest BCUT2D eigenvalue weighted by Gasteiger charge is -1.97. The second-order valence-electron chi connectivity index (χ2n) is 3.96. The lowest BCUT2D eigenvalue weighted by atomic mass is 10.2. The summed E-state index contributed by atoms with van der Waals surface area (Å²) >= 11 is 0. The Hall–Kier alpha value is -2.62. The fraction of sp³-hybridized carbons (Fsp3) is 0. The Morgan fingerprint density at radius 2 is 2.06 bits per heavy atom. The SMILES string of the molecule is Oc1ccccc1/C=N/c1ccc2cn[nH]c2c1. The number of rotatable bonds is 2. The monoisotopic (exact) mass is 237 g/mol. The third-order valence-corrected chi connectivity index (χ3v) is 2.71. The number of hydrogen-bond donors (Lipinski definition) is 2. The number of phenols is 1. The molecule has 0 saturated heterocycles. The van der Waals surface area contributed by atoms with Crippen molar-refractivity contribution in [3.8, 4) is 5.75 Å². The lowest BCUT2D eigenvalue weighted by Crippen LogP contribution is -1.80. The van der Waals surface area contributed by atoms with Crippen LogP contribution in [0.25, 0.3) is 10.9 Å². The summed E-state index contributed by atoms with van der Waals surface area (Å²) in [7, 11) is 0. The Bertz CT molecular complexity index is 716. The van der Waals surface area contributed by atoms with Crippen molar-refractivity contribution >= 4 is 22.8 Å². The number of nitrogens with one attached hydrogen (secondary N) is 1. The summed E-state index contributed by atoms with van der Waals surface area (Å²) in [5.74, 6) is 0.226. The second-order valence-corrected chi connectivity index (χ2v) is 3.96. The number of aromatic hydroxyl groups is 1. The number of aromatic nitrogens is 2. The van der Waals surface area contributed by atoms with E-state index in [4.69, 9.17) is 0 Å². The highest BCUT2D eigenvalue weighted by atomic mass is 16.3. The summed E-state index contributed by atoms with van der Waals surface area (Å²) in [5.41, 5.74) is 2.46. The van der Waals surface area contributed by atoms with Gasteiger partial charge in [-0.2, -0.15) is 5.10 Å². The van der Waals surface area contributed by atoms with Crippen LogP contribution >= 0.6 is 0 Å². The Morgan fingerprint density at radius 1 is 1.17 bits per heavy atom. The molecule has 3 rings (SSSR count). The highest BCUT2D eigenvalue weighted by Gasteiger charge is 1.97. The molecule has 4 nitrogen and oxygen atoms in total. The maximum absolute atomic E-state index is 9.62. The normalized spacial score (nSPS) is 11.3. The summed E-state index contributed by atoms with van der Waals surface area (Å²) in [6, 6.07) is 12.9. The minimum atomic E-state index is 0.226. The van der Waals surface area contributed by atoms with Crippen molar-refractivity contribution in [3.63, 3.8) is 0 Å². The molecule has 0 radical (unpaired) electrons.